The van der Waals surface area contributed by atoms with E-state index in [0.717, 1.165) is 22.0 Å². The first kappa shape index (κ1) is 16.7. The van der Waals surface area contributed by atoms with Gasteiger partial charge in [0, 0.05) is 11.3 Å². The minimum Gasteiger partial charge on any atom is -0.462 e. The Morgan fingerprint density at radius 3 is 2.85 bits per heavy atom. The lowest BCUT2D eigenvalue weighted by atomic mass is 9.84. The Hall–Kier alpha value is -2.77. The number of benzene rings is 1. The molecule has 1 atom stereocenters. The topological polar surface area (TPSA) is 56.1 Å². The number of alkyl halides is 3. The van der Waals surface area contributed by atoms with E-state index in [-0.39, 0.29) is 30.0 Å². The third kappa shape index (κ3) is 2.48. The highest BCUT2D eigenvalue weighted by Gasteiger charge is 2.49. The fourth-order valence-corrected chi connectivity index (χ4v) is 3.61. The van der Waals surface area contributed by atoms with E-state index in [1.807, 2.05) is 12.1 Å². The van der Waals surface area contributed by atoms with Gasteiger partial charge in [-0.05, 0) is 30.9 Å². The van der Waals surface area contributed by atoms with Crippen molar-refractivity contribution < 1.29 is 22.7 Å². The van der Waals surface area contributed by atoms with Crippen LogP contribution in [0.2, 0.25) is 0 Å². The van der Waals surface area contributed by atoms with Crippen LogP contribution in [-0.2, 0) is 11.2 Å². The van der Waals surface area contributed by atoms with Crippen molar-refractivity contribution in [3.8, 4) is 0 Å². The monoisotopic (exact) mass is 363 g/mol. The molecule has 1 aromatic heterocycles. The number of anilines is 1. The number of halogens is 3. The van der Waals surface area contributed by atoms with Crippen LogP contribution in [0.3, 0.4) is 0 Å². The Morgan fingerprint density at radius 2 is 2.12 bits per heavy atom. The first-order valence-corrected chi connectivity index (χ1v) is 8.31. The van der Waals surface area contributed by atoms with Crippen molar-refractivity contribution in [3.05, 3.63) is 52.7 Å². The zero-order valence-electron chi connectivity index (χ0n) is 13.9. The van der Waals surface area contributed by atoms with E-state index in [9.17, 15) is 18.0 Å². The number of hydrogen-bond donors (Lipinski definition) is 1. The number of hydrogen-bond acceptors (Lipinski definition) is 4. The van der Waals surface area contributed by atoms with Gasteiger partial charge in [0.15, 0.2) is 6.04 Å². The van der Waals surface area contributed by atoms with Crippen LogP contribution in [0.25, 0.3) is 5.70 Å². The molecule has 0 unspecified atom stereocenters. The van der Waals surface area contributed by atoms with Crippen molar-refractivity contribution in [1.82, 2.24) is 9.78 Å². The number of carbonyl (C=O) groups excluding carboxylic acids is 1. The van der Waals surface area contributed by atoms with Crippen molar-refractivity contribution in [2.75, 3.05) is 11.9 Å². The third-order valence-corrected chi connectivity index (χ3v) is 4.69. The van der Waals surface area contributed by atoms with E-state index >= 15 is 0 Å². The minimum absolute atomic E-state index is 0.00398. The average Bonchev–Trinajstić information content (AvgIpc) is 3.02. The SMILES string of the molecule is CCOC(=O)c1cnn2c1NC1=C(CCc3ccccc31)[C@@H]2C(F)(F)F. The predicted molar refractivity (Wildman–Crippen MR) is 88.6 cm³/mol. The maximum atomic E-state index is 13.9. The van der Waals surface area contributed by atoms with Gasteiger partial charge < -0.3 is 10.1 Å². The molecule has 0 bridgehead atoms. The lowest BCUT2D eigenvalue weighted by Crippen LogP contribution is -2.36. The third-order valence-electron chi connectivity index (χ3n) is 4.69. The molecule has 0 saturated heterocycles. The molecule has 2 aliphatic rings. The van der Waals surface area contributed by atoms with Crippen molar-refractivity contribution >= 4 is 17.5 Å². The van der Waals surface area contributed by atoms with Gasteiger partial charge in [-0.1, -0.05) is 24.3 Å². The zero-order chi connectivity index (χ0) is 18.5. The molecule has 8 heteroatoms. The molecule has 1 aromatic carbocycles. The molecule has 26 heavy (non-hydrogen) atoms. The molecule has 0 spiro atoms. The van der Waals surface area contributed by atoms with Gasteiger partial charge in [-0.3, -0.25) is 0 Å². The molecule has 1 N–H and O–H groups in total. The molecule has 2 aromatic rings. The molecule has 2 heterocycles. The first-order chi connectivity index (χ1) is 12.4. The molecule has 0 fully saturated rings. The van der Waals surface area contributed by atoms with E-state index < -0.39 is 18.2 Å². The van der Waals surface area contributed by atoms with Crippen LogP contribution in [0.15, 0.2) is 36.0 Å². The molecular weight excluding hydrogens is 347 g/mol. The maximum Gasteiger partial charge on any atom is 0.414 e. The molecule has 0 amide bonds. The van der Waals surface area contributed by atoms with E-state index in [1.54, 1.807) is 19.1 Å². The second-order valence-electron chi connectivity index (χ2n) is 6.20. The number of ether oxygens (including phenoxy) is 1. The van der Waals surface area contributed by atoms with Crippen LogP contribution in [-0.4, -0.2) is 28.5 Å². The Labute approximate surface area is 147 Å². The van der Waals surface area contributed by atoms with Crippen LogP contribution in [0.1, 0.15) is 40.9 Å². The number of esters is 1. The van der Waals surface area contributed by atoms with Gasteiger partial charge in [0.1, 0.15) is 11.4 Å². The smallest absolute Gasteiger partial charge is 0.414 e. The lowest BCUT2D eigenvalue weighted by molar-refractivity contribution is -0.160. The molecule has 1 aliphatic heterocycles. The maximum absolute atomic E-state index is 13.9. The van der Waals surface area contributed by atoms with E-state index in [4.69, 9.17) is 4.74 Å². The normalized spacial score (nSPS) is 18.5. The quantitative estimate of drug-likeness (QED) is 0.821. The summed E-state index contributed by atoms with van der Waals surface area (Å²) in [5, 5.41) is 6.88. The molecule has 4 rings (SSSR count). The molecule has 136 valence electrons. The summed E-state index contributed by atoms with van der Waals surface area (Å²) >= 11 is 0. The Bertz CT molecular complexity index is 915. The summed E-state index contributed by atoms with van der Waals surface area (Å²) in [7, 11) is 0. The number of fused-ring (bicyclic) bond motifs is 3. The number of rotatable bonds is 2. The summed E-state index contributed by atoms with van der Waals surface area (Å²) < 4.78 is 47.5. The van der Waals surface area contributed by atoms with Crippen LogP contribution >= 0.6 is 0 Å². The summed E-state index contributed by atoms with van der Waals surface area (Å²) in [5.41, 5.74) is 2.35. The van der Waals surface area contributed by atoms with Gasteiger partial charge in [-0.15, -0.1) is 0 Å². The predicted octanol–water partition coefficient (Wildman–Crippen LogP) is 3.95. The van der Waals surface area contributed by atoms with Crippen molar-refractivity contribution in [3.63, 3.8) is 0 Å². The minimum atomic E-state index is -4.53. The molecule has 5 nitrogen and oxygen atoms in total. The fraction of sp³-hybridized carbons (Fsp3) is 0.333. The largest absolute Gasteiger partial charge is 0.462 e. The highest BCUT2D eigenvalue weighted by Crippen LogP contribution is 2.48. The standard InChI is InChI=1S/C18H16F3N3O2/c1-2-26-17(25)13-9-22-24-15(18(19,20)21)12-8-7-10-5-3-4-6-11(10)14(12)23-16(13)24/h3-6,9,15,23H,2,7-8H2,1H3/t15-/m1/s1. The highest BCUT2D eigenvalue weighted by atomic mass is 19.4. The molecule has 1 aliphatic carbocycles. The number of carbonyl (C=O) groups is 1. The Kier molecular flexibility index (Phi) is 3.78. The summed E-state index contributed by atoms with van der Waals surface area (Å²) in [5.74, 6) is -0.684. The van der Waals surface area contributed by atoms with Gasteiger partial charge in [0.25, 0.3) is 0 Å². The van der Waals surface area contributed by atoms with Gasteiger partial charge in [0.05, 0.1) is 12.8 Å². The number of allylic oxidation sites excluding steroid dienone is 1. The molecule has 0 saturated carbocycles. The Balaban J connectivity index is 1.89. The number of aromatic nitrogens is 2. The highest BCUT2D eigenvalue weighted by molar-refractivity contribution is 5.98. The van der Waals surface area contributed by atoms with Crippen LogP contribution in [0.4, 0.5) is 19.0 Å². The number of nitrogens with one attached hydrogen (secondary N) is 1. The summed E-state index contributed by atoms with van der Waals surface area (Å²) in [6.45, 7) is 1.76. The van der Waals surface area contributed by atoms with Crippen LogP contribution in [0.5, 0.6) is 0 Å². The molecular formula is C18H16F3N3O2. The second-order valence-corrected chi connectivity index (χ2v) is 6.20. The van der Waals surface area contributed by atoms with Crippen molar-refractivity contribution in [2.45, 2.75) is 32.0 Å². The number of nitrogens with zero attached hydrogens (tertiary/aromatic N) is 2. The summed E-state index contributed by atoms with van der Waals surface area (Å²) in [6, 6.07) is 5.45. The summed E-state index contributed by atoms with van der Waals surface area (Å²) in [6.07, 6.45) is -2.59. The number of aryl methyl sites for hydroxylation is 1. The molecule has 0 radical (unpaired) electrons. The first-order valence-electron chi connectivity index (χ1n) is 8.31. The fourth-order valence-electron chi connectivity index (χ4n) is 3.61. The van der Waals surface area contributed by atoms with Crippen molar-refractivity contribution in [2.24, 2.45) is 0 Å². The zero-order valence-corrected chi connectivity index (χ0v) is 13.9. The van der Waals surface area contributed by atoms with E-state index in [2.05, 4.69) is 10.4 Å². The second kappa shape index (κ2) is 5.89. The van der Waals surface area contributed by atoms with Gasteiger partial charge in [-0.25, -0.2) is 9.48 Å². The van der Waals surface area contributed by atoms with E-state index in [0.29, 0.717) is 12.1 Å². The van der Waals surface area contributed by atoms with Crippen LogP contribution in [0, 0.1) is 0 Å². The Morgan fingerprint density at radius 1 is 1.35 bits per heavy atom. The van der Waals surface area contributed by atoms with Crippen molar-refractivity contribution in [1.29, 1.82) is 0 Å². The average molecular weight is 363 g/mol. The van der Waals surface area contributed by atoms with Crippen LogP contribution < -0.4 is 5.32 Å². The lowest BCUT2D eigenvalue weighted by Gasteiger charge is -2.35. The van der Waals surface area contributed by atoms with Gasteiger partial charge >= 0.3 is 12.1 Å². The van der Waals surface area contributed by atoms with Gasteiger partial charge in [-0.2, -0.15) is 18.3 Å². The van der Waals surface area contributed by atoms with Gasteiger partial charge in [0.2, 0.25) is 0 Å². The van der Waals surface area contributed by atoms with E-state index in [1.165, 1.54) is 0 Å². The summed E-state index contributed by atoms with van der Waals surface area (Å²) in [4.78, 5) is 12.1.